The lowest BCUT2D eigenvalue weighted by atomic mass is 10.4. The van der Waals surface area contributed by atoms with E-state index in [2.05, 4.69) is 20.8 Å². The summed E-state index contributed by atoms with van der Waals surface area (Å²) in [4.78, 5) is 0. The molecule has 0 fully saturated rings. The van der Waals surface area contributed by atoms with E-state index in [0.29, 0.717) is 6.61 Å². The third kappa shape index (κ3) is 6.80. The van der Waals surface area contributed by atoms with Gasteiger partial charge in [0.15, 0.2) is 0 Å². The summed E-state index contributed by atoms with van der Waals surface area (Å²) < 4.78 is 0. The van der Waals surface area contributed by atoms with E-state index in [1.165, 1.54) is 55.8 Å². The average Bonchev–Trinajstić information content (AvgIpc) is 2.31. The smallest absolute Gasteiger partial charge is 0.0507 e. The van der Waals surface area contributed by atoms with Crippen molar-refractivity contribution in [3.63, 3.8) is 0 Å². The van der Waals surface area contributed by atoms with E-state index in [0.717, 1.165) is 5.75 Å². The van der Waals surface area contributed by atoms with Gasteiger partial charge >= 0.3 is 0 Å². The first-order valence-electron chi connectivity index (χ1n) is 7.09. The Morgan fingerprint density at radius 1 is 0.688 bits per heavy atom. The van der Waals surface area contributed by atoms with Gasteiger partial charge in [-0.15, -0.1) is 0 Å². The van der Waals surface area contributed by atoms with Crippen molar-refractivity contribution in [1.82, 2.24) is 0 Å². The topological polar surface area (TPSA) is 20.2 Å². The minimum absolute atomic E-state index is 0.409. The summed E-state index contributed by atoms with van der Waals surface area (Å²) in [5, 5.41) is 9.32. The van der Waals surface area contributed by atoms with Crippen molar-refractivity contribution in [2.45, 2.75) is 59.3 Å². The van der Waals surface area contributed by atoms with Crippen LogP contribution in [0, 0.1) is 0 Å². The quantitative estimate of drug-likeness (QED) is 0.581. The molecule has 0 saturated heterocycles. The van der Waals surface area contributed by atoms with Crippen molar-refractivity contribution in [3.05, 3.63) is 0 Å². The molecule has 0 unspecified atom stereocenters. The normalized spacial score (nSPS) is 13.0. The third-order valence-electron chi connectivity index (χ3n) is 3.32. The number of unbranched alkanes of at least 4 members (excludes halogenated alkanes) is 3. The van der Waals surface area contributed by atoms with Crippen molar-refractivity contribution in [2.75, 3.05) is 29.6 Å². The Labute approximate surface area is 104 Å². The Morgan fingerprint density at radius 2 is 1.06 bits per heavy atom. The summed E-state index contributed by atoms with van der Waals surface area (Å²) in [6, 6.07) is 0. The van der Waals surface area contributed by atoms with Crippen LogP contribution in [0.2, 0.25) is 0 Å². The van der Waals surface area contributed by atoms with Crippen molar-refractivity contribution in [1.29, 1.82) is 0 Å². The fourth-order valence-electron chi connectivity index (χ4n) is 2.16. The van der Waals surface area contributed by atoms with E-state index < -0.39 is 10.0 Å². The number of aliphatic hydroxyl groups excluding tert-OH is 1. The molecule has 0 atom stereocenters. The number of rotatable bonds is 11. The van der Waals surface area contributed by atoms with Crippen LogP contribution in [0.3, 0.4) is 0 Å². The molecule has 16 heavy (non-hydrogen) atoms. The molecular formula is C14H32OS. The van der Waals surface area contributed by atoms with Gasteiger partial charge in [-0.05, 0) is 36.5 Å². The Balaban J connectivity index is 4.32. The van der Waals surface area contributed by atoms with Crippen LogP contribution >= 0.6 is 10.0 Å². The second-order valence-corrected chi connectivity index (χ2v) is 8.91. The molecule has 0 radical (unpaired) electrons. The van der Waals surface area contributed by atoms with Crippen molar-refractivity contribution < 1.29 is 5.11 Å². The molecule has 0 bridgehead atoms. The largest absolute Gasteiger partial charge is 0.396 e. The Hall–Kier alpha value is 0.310. The third-order valence-corrected chi connectivity index (χ3v) is 7.83. The van der Waals surface area contributed by atoms with Crippen LogP contribution in [0.4, 0.5) is 0 Å². The minimum Gasteiger partial charge on any atom is -0.396 e. The monoisotopic (exact) mass is 248 g/mol. The Bertz CT molecular complexity index is 126. The van der Waals surface area contributed by atoms with E-state index in [9.17, 15) is 5.11 Å². The highest BCUT2D eigenvalue weighted by Gasteiger charge is 2.21. The molecule has 0 aromatic heterocycles. The van der Waals surface area contributed by atoms with Gasteiger partial charge in [0.05, 0.1) is 6.61 Å². The van der Waals surface area contributed by atoms with Crippen molar-refractivity contribution >= 4 is 10.0 Å². The molecule has 0 heterocycles. The molecule has 0 rings (SSSR count). The Kier molecular flexibility index (Phi) is 10.7. The van der Waals surface area contributed by atoms with Crippen LogP contribution in [-0.2, 0) is 0 Å². The summed E-state index contributed by atoms with van der Waals surface area (Å²) in [6.07, 6.45) is 8.00. The molecule has 1 nitrogen and oxygen atoms in total. The molecule has 0 aliphatic heterocycles. The molecular weight excluding hydrogens is 216 g/mol. The predicted molar refractivity (Wildman–Crippen MR) is 78.9 cm³/mol. The lowest BCUT2D eigenvalue weighted by molar-refractivity contribution is 0.321. The average molecular weight is 248 g/mol. The highest BCUT2D eigenvalue weighted by molar-refractivity contribution is 8.33. The zero-order chi connectivity index (χ0) is 12.3. The SMILES string of the molecule is CCCCS(CCO)(CCCC)CCCC. The van der Waals surface area contributed by atoms with E-state index >= 15 is 0 Å². The van der Waals surface area contributed by atoms with Gasteiger partial charge in [0.25, 0.3) is 0 Å². The van der Waals surface area contributed by atoms with Gasteiger partial charge in [-0.2, -0.15) is 0 Å². The summed E-state index contributed by atoms with van der Waals surface area (Å²) in [5.41, 5.74) is 0. The van der Waals surface area contributed by atoms with Crippen LogP contribution in [0.15, 0.2) is 0 Å². The summed E-state index contributed by atoms with van der Waals surface area (Å²) in [5.74, 6) is 5.32. The first-order chi connectivity index (χ1) is 7.74. The first-order valence-corrected chi connectivity index (χ1v) is 9.40. The van der Waals surface area contributed by atoms with Crippen molar-refractivity contribution in [2.24, 2.45) is 0 Å². The maximum atomic E-state index is 9.32. The second kappa shape index (κ2) is 10.5. The first kappa shape index (κ1) is 16.3. The maximum Gasteiger partial charge on any atom is 0.0507 e. The van der Waals surface area contributed by atoms with E-state index in [1.807, 2.05) is 0 Å². The number of hydrogen-bond acceptors (Lipinski definition) is 1. The molecule has 0 spiro atoms. The fraction of sp³-hybridized carbons (Fsp3) is 1.00. The zero-order valence-corrected chi connectivity index (χ0v) is 12.5. The lowest BCUT2D eigenvalue weighted by Crippen LogP contribution is -2.19. The second-order valence-electron chi connectivity index (χ2n) is 4.83. The molecule has 0 saturated carbocycles. The van der Waals surface area contributed by atoms with Crippen LogP contribution in [0.1, 0.15) is 59.3 Å². The number of aliphatic hydroxyl groups is 1. The predicted octanol–water partition coefficient (Wildman–Crippen LogP) is 4.18. The van der Waals surface area contributed by atoms with Crippen LogP contribution < -0.4 is 0 Å². The molecule has 0 aliphatic carbocycles. The van der Waals surface area contributed by atoms with E-state index in [4.69, 9.17) is 0 Å². The van der Waals surface area contributed by atoms with E-state index in [-0.39, 0.29) is 0 Å². The lowest BCUT2D eigenvalue weighted by Gasteiger charge is -2.40. The van der Waals surface area contributed by atoms with Crippen LogP contribution in [0.5, 0.6) is 0 Å². The minimum atomic E-state index is -0.483. The molecule has 0 aromatic rings. The van der Waals surface area contributed by atoms with E-state index in [1.54, 1.807) is 0 Å². The van der Waals surface area contributed by atoms with Crippen LogP contribution in [-0.4, -0.2) is 34.7 Å². The fourth-order valence-corrected chi connectivity index (χ4v) is 6.47. The molecule has 100 valence electrons. The molecule has 0 aromatic carbocycles. The van der Waals surface area contributed by atoms with Gasteiger partial charge in [0.2, 0.25) is 0 Å². The van der Waals surface area contributed by atoms with Gasteiger partial charge in [-0.25, -0.2) is 10.0 Å². The summed E-state index contributed by atoms with van der Waals surface area (Å²) in [6.45, 7) is 7.25. The summed E-state index contributed by atoms with van der Waals surface area (Å²) in [7, 11) is -0.483. The number of hydrogen-bond donors (Lipinski definition) is 1. The van der Waals surface area contributed by atoms with Crippen molar-refractivity contribution in [3.8, 4) is 0 Å². The highest BCUT2D eigenvalue weighted by atomic mass is 32.3. The van der Waals surface area contributed by atoms with Crippen LogP contribution in [0.25, 0.3) is 0 Å². The highest BCUT2D eigenvalue weighted by Crippen LogP contribution is 2.50. The Morgan fingerprint density at radius 3 is 1.31 bits per heavy atom. The van der Waals surface area contributed by atoms with Gasteiger partial charge in [0, 0.05) is 5.75 Å². The molecule has 0 aliphatic rings. The maximum absolute atomic E-state index is 9.32. The standard InChI is InChI=1S/C14H32OS/c1-4-7-11-16(14-10-15,12-8-5-2)13-9-6-3/h15H,4-14H2,1-3H3. The van der Waals surface area contributed by atoms with Gasteiger partial charge in [-0.3, -0.25) is 0 Å². The molecule has 0 amide bonds. The zero-order valence-electron chi connectivity index (χ0n) is 11.6. The molecule has 2 heteroatoms. The van der Waals surface area contributed by atoms with Gasteiger partial charge in [-0.1, -0.05) is 40.0 Å². The molecule has 1 N–H and O–H groups in total. The summed E-state index contributed by atoms with van der Waals surface area (Å²) >= 11 is 0. The van der Waals surface area contributed by atoms with Gasteiger partial charge < -0.3 is 5.11 Å². The van der Waals surface area contributed by atoms with Gasteiger partial charge in [0.1, 0.15) is 0 Å².